The van der Waals surface area contributed by atoms with E-state index in [-0.39, 0.29) is 36.9 Å². The van der Waals surface area contributed by atoms with Crippen molar-refractivity contribution in [2.75, 3.05) is 28.0 Å². The van der Waals surface area contributed by atoms with Gasteiger partial charge in [-0.1, -0.05) is 47.0 Å². The van der Waals surface area contributed by atoms with Crippen molar-refractivity contribution in [3.05, 3.63) is 106 Å². The molecule has 0 saturated carbocycles. The van der Waals surface area contributed by atoms with E-state index in [0.29, 0.717) is 5.75 Å². The summed E-state index contributed by atoms with van der Waals surface area (Å²) in [5.41, 5.74) is 2.39. The van der Waals surface area contributed by atoms with E-state index >= 15 is 0 Å². The molecule has 0 bridgehead atoms. The summed E-state index contributed by atoms with van der Waals surface area (Å²) >= 11 is 12.2. The van der Waals surface area contributed by atoms with Gasteiger partial charge in [0.25, 0.3) is 20.0 Å². The zero-order chi connectivity index (χ0) is 30.7. The summed E-state index contributed by atoms with van der Waals surface area (Å²) in [5.74, 6) is -0.310. The van der Waals surface area contributed by atoms with Crippen LogP contribution >= 0.6 is 23.2 Å². The molecule has 220 valence electrons. The number of methoxy groups -OCH3 is 1. The number of carbonyl (C=O) groups is 1. The molecule has 1 amide bonds. The minimum Gasteiger partial charge on any atom is -0.495 e. The zero-order valence-corrected chi connectivity index (χ0v) is 25.9. The Morgan fingerprint density at radius 1 is 0.786 bits per heavy atom. The first kappa shape index (κ1) is 31.2. The third-order valence-electron chi connectivity index (χ3n) is 6.14. The monoisotopic (exact) mass is 647 g/mol. The molecule has 0 aliphatic carbocycles. The molecule has 0 aliphatic rings. The number of ether oxygens (including phenoxy) is 1. The summed E-state index contributed by atoms with van der Waals surface area (Å²) in [7, 11) is -6.72. The Hall–Kier alpha value is -3.77. The highest BCUT2D eigenvalue weighted by atomic mass is 35.5. The molecule has 0 atom stereocenters. The molecule has 0 spiro atoms. The Morgan fingerprint density at radius 3 is 2.02 bits per heavy atom. The molecule has 9 nitrogen and oxygen atoms in total. The number of amides is 1. The third-order valence-corrected chi connectivity index (χ3v) is 10.0. The van der Waals surface area contributed by atoms with E-state index in [1.807, 2.05) is 13.8 Å². The summed E-state index contributed by atoms with van der Waals surface area (Å²) in [5, 5.41) is 2.96. The first-order chi connectivity index (χ1) is 19.8. The van der Waals surface area contributed by atoms with Crippen LogP contribution in [0.1, 0.15) is 11.1 Å². The van der Waals surface area contributed by atoms with Gasteiger partial charge in [-0.15, -0.1) is 0 Å². The lowest BCUT2D eigenvalue weighted by molar-refractivity contribution is -0.114. The predicted octanol–water partition coefficient (Wildman–Crippen LogP) is 6.25. The highest BCUT2D eigenvalue weighted by Crippen LogP contribution is 2.31. The summed E-state index contributed by atoms with van der Waals surface area (Å²) in [6, 6.07) is 21.0. The number of rotatable bonds is 10. The lowest BCUT2D eigenvalue weighted by Gasteiger charge is -2.24. The van der Waals surface area contributed by atoms with Gasteiger partial charge in [0, 0.05) is 5.69 Å². The molecule has 0 saturated heterocycles. The Kier molecular flexibility index (Phi) is 9.37. The van der Waals surface area contributed by atoms with Crippen LogP contribution < -0.4 is 19.1 Å². The van der Waals surface area contributed by atoms with Crippen LogP contribution in [0.4, 0.5) is 17.1 Å². The van der Waals surface area contributed by atoms with Crippen molar-refractivity contribution in [2.45, 2.75) is 23.6 Å². The molecule has 0 unspecified atom stereocenters. The molecule has 0 radical (unpaired) electrons. The fraction of sp³-hybridized carbons (Fsp3) is 0.138. The van der Waals surface area contributed by atoms with Gasteiger partial charge in [0.15, 0.2) is 0 Å². The average Bonchev–Trinajstić information content (AvgIpc) is 2.94. The second-order valence-corrected chi connectivity index (χ2v) is 13.7. The van der Waals surface area contributed by atoms with Crippen LogP contribution in [0.3, 0.4) is 0 Å². The van der Waals surface area contributed by atoms with E-state index in [1.54, 1.807) is 30.3 Å². The first-order valence-electron chi connectivity index (χ1n) is 12.4. The van der Waals surface area contributed by atoms with Gasteiger partial charge in [-0.05, 0) is 86.1 Å². The number of nitrogens with zero attached hydrogens (tertiary/aromatic N) is 1. The molecule has 4 aromatic carbocycles. The van der Waals surface area contributed by atoms with Gasteiger partial charge in [-0.2, -0.15) is 0 Å². The number of anilines is 3. The number of hydrogen-bond donors (Lipinski definition) is 2. The van der Waals surface area contributed by atoms with Crippen molar-refractivity contribution in [2.24, 2.45) is 0 Å². The van der Waals surface area contributed by atoms with Gasteiger partial charge in [-0.3, -0.25) is 13.8 Å². The fourth-order valence-corrected chi connectivity index (χ4v) is 6.71. The number of hydrogen-bond acceptors (Lipinski definition) is 6. The van der Waals surface area contributed by atoms with Crippen LogP contribution in [0.15, 0.2) is 94.7 Å². The summed E-state index contributed by atoms with van der Waals surface area (Å²) < 4.78 is 61.8. The molecule has 4 rings (SSSR count). The highest BCUT2D eigenvalue weighted by molar-refractivity contribution is 7.93. The van der Waals surface area contributed by atoms with Crippen molar-refractivity contribution >= 4 is 66.2 Å². The van der Waals surface area contributed by atoms with Crippen LogP contribution in [0, 0.1) is 13.8 Å². The molecule has 0 heterocycles. The second-order valence-electron chi connectivity index (χ2n) is 9.30. The molecule has 42 heavy (non-hydrogen) atoms. The molecule has 4 aromatic rings. The predicted molar refractivity (Wildman–Crippen MR) is 166 cm³/mol. The Labute approximate surface area is 255 Å². The van der Waals surface area contributed by atoms with E-state index in [0.717, 1.165) is 15.4 Å². The number of sulfonamides is 2. The summed E-state index contributed by atoms with van der Waals surface area (Å²) in [6.45, 7) is 3.05. The van der Waals surface area contributed by atoms with Crippen molar-refractivity contribution in [1.82, 2.24) is 0 Å². The Morgan fingerprint density at radius 2 is 1.40 bits per heavy atom. The number of halogens is 2. The Balaban J connectivity index is 1.55. The van der Waals surface area contributed by atoms with Gasteiger partial charge < -0.3 is 10.1 Å². The minimum atomic E-state index is -4.18. The quantitative estimate of drug-likeness (QED) is 0.210. The van der Waals surface area contributed by atoms with E-state index in [2.05, 4.69) is 10.0 Å². The zero-order valence-electron chi connectivity index (χ0n) is 22.8. The number of aryl methyl sites for hydroxylation is 2. The van der Waals surface area contributed by atoms with E-state index in [9.17, 15) is 21.6 Å². The van der Waals surface area contributed by atoms with Gasteiger partial charge in [0.2, 0.25) is 5.91 Å². The standard InChI is InChI=1S/C29H27Cl2N3O6S2/c1-19-4-10-24(11-5-19)42(38,39)34(22-9-14-25(30)26(31)17-22)18-29(35)32-21-7-12-23(13-8-21)41(36,37)33-27-16-20(2)6-15-28(27)40-3/h4-17,33H,18H2,1-3H3,(H,32,35). The van der Waals surface area contributed by atoms with Crippen molar-refractivity contribution in [3.8, 4) is 5.75 Å². The lowest BCUT2D eigenvalue weighted by Crippen LogP contribution is -2.38. The van der Waals surface area contributed by atoms with Crippen LogP contribution in [-0.2, 0) is 24.8 Å². The lowest BCUT2D eigenvalue weighted by atomic mass is 10.2. The normalized spacial score (nSPS) is 11.5. The maximum atomic E-state index is 13.6. The maximum Gasteiger partial charge on any atom is 0.264 e. The fourth-order valence-electron chi connectivity index (χ4n) is 3.95. The molecular weight excluding hydrogens is 621 g/mol. The van der Waals surface area contributed by atoms with E-state index in [1.165, 1.54) is 61.7 Å². The maximum absolute atomic E-state index is 13.6. The molecule has 13 heteroatoms. The molecule has 0 aliphatic heterocycles. The molecule has 0 fully saturated rings. The number of carbonyl (C=O) groups excluding carboxylic acids is 1. The number of nitrogens with one attached hydrogen (secondary N) is 2. The van der Waals surface area contributed by atoms with Gasteiger partial charge in [-0.25, -0.2) is 16.8 Å². The van der Waals surface area contributed by atoms with Gasteiger partial charge in [0.05, 0.1) is 38.3 Å². The SMILES string of the molecule is COc1ccc(C)cc1NS(=O)(=O)c1ccc(NC(=O)CN(c2ccc(Cl)c(Cl)c2)S(=O)(=O)c2ccc(C)cc2)cc1. The van der Waals surface area contributed by atoms with Gasteiger partial charge >= 0.3 is 0 Å². The van der Waals surface area contributed by atoms with Crippen molar-refractivity contribution < 1.29 is 26.4 Å². The van der Waals surface area contributed by atoms with Crippen molar-refractivity contribution in [1.29, 1.82) is 0 Å². The largest absolute Gasteiger partial charge is 0.495 e. The highest BCUT2D eigenvalue weighted by Gasteiger charge is 2.28. The van der Waals surface area contributed by atoms with E-state index < -0.39 is 32.5 Å². The van der Waals surface area contributed by atoms with Crippen LogP contribution in [0.2, 0.25) is 10.0 Å². The molecular formula is C29H27Cl2N3O6S2. The molecule has 0 aromatic heterocycles. The number of benzene rings is 4. The summed E-state index contributed by atoms with van der Waals surface area (Å²) in [4.78, 5) is 13.0. The smallest absolute Gasteiger partial charge is 0.264 e. The van der Waals surface area contributed by atoms with Gasteiger partial charge in [0.1, 0.15) is 12.3 Å². The minimum absolute atomic E-state index is 0.0146. The molecule has 2 N–H and O–H groups in total. The van der Waals surface area contributed by atoms with Crippen LogP contribution in [-0.4, -0.2) is 36.4 Å². The first-order valence-corrected chi connectivity index (χ1v) is 16.1. The summed E-state index contributed by atoms with van der Waals surface area (Å²) in [6.07, 6.45) is 0. The van der Waals surface area contributed by atoms with Crippen LogP contribution in [0.5, 0.6) is 5.75 Å². The topological polar surface area (TPSA) is 122 Å². The second kappa shape index (κ2) is 12.6. The average molecular weight is 649 g/mol. The third kappa shape index (κ3) is 7.16. The van der Waals surface area contributed by atoms with E-state index in [4.69, 9.17) is 27.9 Å². The Bertz CT molecular complexity index is 1830. The van der Waals surface area contributed by atoms with Crippen molar-refractivity contribution in [3.63, 3.8) is 0 Å². The van der Waals surface area contributed by atoms with Crippen LogP contribution in [0.25, 0.3) is 0 Å².